The maximum absolute atomic E-state index is 12.7. The van der Waals surface area contributed by atoms with Crippen LogP contribution in [0.25, 0.3) is 5.76 Å². The topological polar surface area (TPSA) is 62.0 Å². The van der Waals surface area contributed by atoms with Gasteiger partial charge in [-0.15, -0.1) is 0 Å². The Morgan fingerprint density at radius 3 is 2.15 bits per heavy atom. The number of carbonyl (C=O) groups is 2. The van der Waals surface area contributed by atoms with Crippen LogP contribution < -0.4 is 4.90 Å². The van der Waals surface area contributed by atoms with Gasteiger partial charge in [0.2, 0.25) is 0 Å². The standard InChI is InChI=1S/C21H22N2O3/c1-22(2)13-14-23-18(15-9-5-3-6-10-15)17(20(25)21(23)26)19(24)16-11-7-4-8-12-16/h3-12,18,24H,13-14H2,1-2H3/p+1/t18-/m1/s1. The molecule has 26 heavy (non-hydrogen) atoms. The lowest BCUT2D eigenvalue weighted by Gasteiger charge is -2.25. The summed E-state index contributed by atoms with van der Waals surface area (Å²) >= 11 is 0. The molecule has 5 nitrogen and oxygen atoms in total. The number of likely N-dealkylation sites (N-methyl/N-ethyl adjacent to an activating group) is 1. The van der Waals surface area contributed by atoms with Crippen LogP contribution in [0.1, 0.15) is 17.2 Å². The summed E-state index contributed by atoms with van der Waals surface area (Å²) in [5, 5.41) is 10.8. The van der Waals surface area contributed by atoms with Crippen molar-refractivity contribution in [3.05, 3.63) is 77.4 Å². The second-order valence-corrected chi connectivity index (χ2v) is 6.73. The van der Waals surface area contributed by atoms with E-state index in [2.05, 4.69) is 0 Å². The SMILES string of the molecule is C[NH+](C)CCN1C(=O)C(=O)C(=C(O)c2ccccc2)[C@H]1c1ccccc1. The normalized spacial score (nSPS) is 19.3. The molecule has 3 rings (SSSR count). The fourth-order valence-corrected chi connectivity index (χ4v) is 3.19. The number of Topliss-reactive ketones (excluding diaryl/α,β-unsaturated/α-hetero) is 1. The van der Waals surface area contributed by atoms with Crippen molar-refractivity contribution in [1.29, 1.82) is 0 Å². The van der Waals surface area contributed by atoms with Crippen molar-refractivity contribution >= 4 is 17.4 Å². The van der Waals surface area contributed by atoms with E-state index < -0.39 is 17.7 Å². The highest BCUT2D eigenvalue weighted by molar-refractivity contribution is 6.46. The second-order valence-electron chi connectivity index (χ2n) is 6.73. The molecule has 1 fully saturated rings. The quantitative estimate of drug-likeness (QED) is 0.484. The van der Waals surface area contributed by atoms with E-state index in [1.54, 1.807) is 29.2 Å². The van der Waals surface area contributed by atoms with Crippen molar-refractivity contribution in [1.82, 2.24) is 4.90 Å². The van der Waals surface area contributed by atoms with Gasteiger partial charge in [-0.3, -0.25) is 9.59 Å². The number of hydrogen-bond donors (Lipinski definition) is 2. The third-order valence-electron chi connectivity index (χ3n) is 4.56. The van der Waals surface area contributed by atoms with Crippen LogP contribution in [0.2, 0.25) is 0 Å². The molecule has 0 bridgehead atoms. The summed E-state index contributed by atoms with van der Waals surface area (Å²) in [6.45, 7) is 1.15. The molecule has 0 unspecified atom stereocenters. The molecule has 1 aliphatic rings. The molecule has 0 spiro atoms. The summed E-state index contributed by atoms with van der Waals surface area (Å²) in [6.07, 6.45) is 0. The fraction of sp³-hybridized carbons (Fsp3) is 0.238. The van der Waals surface area contributed by atoms with E-state index >= 15 is 0 Å². The molecular weight excluding hydrogens is 328 g/mol. The van der Waals surface area contributed by atoms with Gasteiger partial charge in [-0.2, -0.15) is 0 Å². The number of nitrogens with zero attached hydrogens (tertiary/aromatic N) is 1. The zero-order valence-corrected chi connectivity index (χ0v) is 15.0. The highest BCUT2D eigenvalue weighted by Gasteiger charge is 2.46. The van der Waals surface area contributed by atoms with Crippen LogP contribution in [0.15, 0.2) is 66.2 Å². The number of rotatable bonds is 5. The molecule has 1 atom stereocenters. The molecule has 1 saturated heterocycles. The number of hydrogen-bond acceptors (Lipinski definition) is 3. The first-order chi connectivity index (χ1) is 12.5. The predicted octanol–water partition coefficient (Wildman–Crippen LogP) is 1.25. The minimum atomic E-state index is -0.631. The largest absolute Gasteiger partial charge is 0.507 e. The lowest BCUT2D eigenvalue weighted by atomic mass is 9.95. The Morgan fingerprint density at radius 1 is 1.00 bits per heavy atom. The molecule has 1 aliphatic heterocycles. The number of benzene rings is 2. The Hall–Kier alpha value is -2.92. The first-order valence-electron chi connectivity index (χ1n) is 8.68. The highest BCUT2D eigenvalue weighted by atomic mass is 16.3. The first-order valence-corrected chi connectivity index (χ1v) is 8.68. The Bertz CT molecular complexity index is 829. The third-order valence-corrected chi connectivity index (χ3v) is 4.56. The number of nitrogens with one attached hydrogen (secondary N) is 1. The van der Waals surface area contributed by atoms with E-state index in [1.165, 1.54) is 4.90 Å². The third kappa shape index (κ3) is 3.39. The van der Waals surface area contributed by atoms with Gasteiger partial charge in [0, 0.05) is 5.56 Å². The highest BCUT2D eigenvalue weighted by Crippen LogP contribution is 2.38. The van der Waals surface area contributed by atoms with Gasteiger partial charge in [0.15, 0.2) is 0 Å². The number of amides is 1. The summed E-state index contributed by atoms with van der Waals surface area (Å²) in [5.74, 6) is -1.32. The van der Waals surface area contributed by atoms with Crippen LogP contribution in [0, 0.1) is 0 Å². The fourth-order valence-electron chi connectivity index (χ4n) is 3.19. The van der Waals surface area contributed by atoms with Crippen LogP contribution >= 0.6 is 0 Å². The molecule has 0 saturated carbocycles. The van der Waals surface area contributed by atoms with Crippen LogP contribution in [0.3, 0.4) is 0 Å². The summed E-state index contributed by atoms with van der Waals surface area (Å²) in [7, 11) is 4.00. The first kappa shape index (κ1) is 17.9. The molecular formula is C21H23N2O3+. The average molecular weight is 351 g/mol. The number of aliphatic hydroxyl groups excluding tert-OH is 1. The van der Waals surface area contributed by atoms with Gasteiger partial charge < -0.3 is 14.9 Å². The van der Waals surface area contributed by atoms with Gasteiger partial charge in [0.25, 0.3) is 11.7 Å². The zero-order valence-electron chi connectivity index (χ0n) is 15.0. The van der Waals surface area contributed by atoms with E-state index in [-0.39, 0.29) is 11.3 Å². The number of quaternary nitrogens is 1. The summed E-state index contributed by atoms with van der Waals surface area (Å²) in [5.41, 5.74) is 1.50. The maximum atomic E-state index is 12.7. The minimum absolute atomic E-state index is 0.127. The van der Waals surface area contributed by atoms with E-state index in [4.69, 9.17) is 0 Å². The van der Waals surface area contributed by atoms with E-state index in [9.17, 15) is 14.7 Å². The molecule has 134 valence electrons. The van der Waals surface area contributed by atoms with Gasteiger partial charge in [-0.05, 0) is 5.56 Å². The lowest BCUT2D eigenvalue weighted by Crippen LogP contribution is -3.06. The number of carbonyl (C=O) groups excluding carboxylic acids is 2. The Morgan fingerprint density at radius 2 is 1.58 bits per heavy atom. The van der Waals surface area contributed by atoms with Crippen LogP contribution in [-0.2, 0) is 9.59 Å². The van der Waals surface area contributed by atoms with Crippen LogP contribution in [-0.4, -0.2) is 48.9 Å². The Kier molecular flexibility index (Phi) is 5.19. The predicted molar refractivity (Wildman–Crippen MR) is 99.6 cm³/mol. The van der Waals surface area contributed by atoms with E-state index in [1.807, 2.05) is 50.5 Å². The number of likely N-dealkylation sites (tertiary alicyclic amines) is 1. The Labute approximate surface area is 153 Å². The summed E-state index contributed by atoms with van der Waals surface area (Å²) in [4.78, 5) is 28.2. The Balaban J connectivity index is 2.12. The molecule has 0 aromatic heterocycles. The lowest BCUT2D eigenvalue weighted by molar-refractivity contribution is -0.857. The average Bonchev–Trinajstić information content (AvgIpc) is 2.91. The van der Waals surface area contributed by atoms with Gasteiger partial charge >= 0.3 is 0 Å². The van der Waals surface area contributed by atoms with Crippen molar-refractivity contribution in [3.63, 3.8) is 0 Å². The molecule has 2 N–H and O–H groups in total. The summed E-state index contributed by atoms with van der Waals surface area (Å²) < 4.78 is 0. The molecule has 1 heterocycles. The van der Waals surface area contributed by atoms with E-state index in [0.717, 1.165) is 5.56 Å². The van der Waals surface area contributed by atoms with Crippen LogP contribution in [0.5, 0.6) is 0 Å². The monoisotopic (exact) mass is 351 g/mol. The number of ketones is 1. The van der Waals surface area contributed by atoms with Crippen molar-refractivity contribution in [3.8, 4) is 0 Å². The second kappa shape index (κ2) is 7.54. The molecule has 0 aliphatic carbocycles. The molecule has 0 radical (unpaired) electrons. The molecule has 2 aromatic rings. The molecule has 5 heteroatoms. The van der Waals surface area contributed by atoms with Crippen LogP contribution in [0.4, 0.5) is 0 Å². The van der Waals surface area contributed by atoms with Gasteiger partial charge in [0.1, 0.15) is 5.76 Å². The maximum Gasteiger partial charge on any atom is 0.295 e. The molecule has 1 amide bonds. The minimum Gasteiger partial charge on any atom is -0.507 e. The van der Waals surface area contributed by atoms with Crippen molar-refractivity contribution in [2.45, 2.75) is 6.04 Å². The van der Waals surface area contributed by atoms with Gasteiger partial charge in [-0.25, -0.2) is 0 Å². The van der Waals surface area contributed by atoms with Gasteiger partial charge in [0.05, 0.1) is 38.8 Å². The van der Waals surface area contributed by atoms with Crippen molar-refractivity contribution in [2.75, 3.05) is 27.2 Å². The smallest absolute Gasteiger partial charge is 0.295 e. The van der Waals surface area contributed by atoms with Crippen molar-refractivity contribution in [2.24, 2.45) is 0 Å². The van der Waals surface area contributed by atoms with Gasteiger partial charge in [-0.1, -0.05) is 60.7 Å². The van der Waals surface area contributed by atoms with E-state index in [0.29, 0.717) is 18.7 Å². The zero-order chi connectivity index (χ0) is 18.7. The summed E-state index contributed by atoms with van der Waals surface area (Å²) in [6, 6.07) is 17.7. The number of aliphatic hydroxyl groups is 1. The molecule has 2 aromatic carbocycles. The van der Waals surface area contributed by atoms with Crippen molar-refractivity contribution < 1.29 is 19.6 Å².